The van der Waals surface area contributed by atoms with E-state index in [0.29, 0.717) is 5.82 Å². The van der Waals surface area contributed by atoms with Crippen molar-refractivity contribution in [3.63, 3.8) is 0 Å². The van der Waals surface area contributed by atoms with Crippen LogP contribution in [0.4, 0.5) is 0 Å². The summed E-state index contributed by atoms with van der Waals surface area (Å²) in [7, 11) is 0. The predicted octanol–water partition coefficient (Wildman–Crippen LogP) is 1.80. The lowest BCUT2D eigenvalue weighted by Crippen LogP contribution is -2.24. The summed E-state index contributed by atoms with van der Waals surface area (Å²) < 4.78 is 0. The van der Waals surface area contributed by atoms with Gasteiger partial charge < -0.3 is 0 Å². The summed E-state index contributed by atoms with van der Waals surface area (Å²) in [6.45, 7) is 1.96. The minimum absolute atomic E-state index is 0.0505. The van der Waals surface area contributed by atoms with Crippen LogP contribution in [0.5, 0.6) is 0 Å². The lowest BCUT2D eigenvalue weighted by atomic mass is 10.2. The third-order valence-corrected chi connectivity index (χ3v) is 3.25. The quantitative estimate of drug-likeness (QED) is 0.574. The normalized spacial score (nSPS) is 10.9. The number of carbonyl (C=O) groups is 1. The summed E-state index contributed by atoms with van der Waals surface area (Å²) in [5.74, 6) is 0.155. The Labute approximate surface area is 139 Å². The highest BCUT2D eigenvalue weighted by atomic mass is 16.2. The fourth-order valence-electron chi connectivity index (χ4n) is 2.01. The molecule has 0 aliphatic rings. The fraction of sp³-hybridized carbons (Fsp3) is 0.118. The van der Waals surface area contributed by atoms with Gasteiger partial charge in [0.25, 0.3) is 5.91 Å². The number of hydrogen-bond acceptors (Lipinski definition) is 5. The molecule has 3 aromatic rings. The van der Waals surface area contributed by atoms with Crippen LogP contribution in [0.15, 0.2) is 59.7 Å². The molecule has 1 aromatic heterocycles. The van der Waals surface area contributed by atoms with Crippen LogP contribution in [0.2, 0.25) is 0 Å². The number of rotatable bonds is 5. The van der Waals surface area contributed by atoms with E-state index in [4.69, 9.17) is 0 Å². The summed E-state index contributed by atoms with van der Waals surface area (Å²) in [5.41, 5.74) is 5.37. The molecule has 7 nitrogen and oxygen atoms in total. The molecule has 0 fully saturated rings. The van der Waals surface area contributed by atoms with Gasteiger partial charge in [0.15, 0.2) is 0 Å². The second-order valence-corrected chi connectivity index (χ2v) is 5.21. The first kappa shape index (κ1) is 15.5. The van der Waals surface area contributed by atoms with Gasteiger partial charge in [0, 0.05) is 5.56 Å². The molecule has 0 spiro atoms. The van der Waals surface area contributed by atoms with E-state index >= 15 is 0 Å². The van der Waals surface area contributed by atoms with Gasteiger partial charge in [0.2, 0.25) is 5.82 Å². The van der Waals surface area contributed by atoms with E-state index in [-0.39, 0.29) is 12.5 Å². The smallest absolute Gasteiger partial charge is 0.263 e. The van der Waals surface area contributed by atoms with E-state index in [2.05, 4.69) is 25.9 Å². The second-order valence-electron chi connectivity index (χ2n) is 5.21. The summed E-state index contributed by atoms with van der Waals surface area (Å²) in [4.78, 5) is 13.1. The average Bonchev–Trinajstić information content (AvgIpc) is 3.06. The van der Waals surface area contributed by atoms with Gasteiger partial charge in [-0.25, -0.2) is 5.43 Å². The second kappa shape index (κ2) is 7.28. The van der Waals surface area contributed by atoms with E-state index in [0.717, 1.165) is 11.1 Å². The van der Waals surface area contributed by atoms with Crippen LogP contribution < -0.4 is 5.43 Å². The highest BCUT2D eigenvalue weighted by Crippen LogP contribution is 2.11. The highest BCUT2D eigenvalue weighted by molar-refractivity contribution is 5.82. The van der Waals surface area contributed by atoms with Crippen molar-refractivity contribution in [1.29, 1.82) is 0 Å². The summed E-state index contributed by atoms with van der Waals surface area (Å²) in [6.07, 6.45) is 1.58. The molecule has 120 valence electrons. The lowest BCUT2D eigenvalue weighted by Gasteiger charge is -1.98. The van der Waals surface area contributed by atoms with Crippen LogP contribution in [0, 0.1) is 6.92 Å². The lowest BCUT2D eigenvalue weighted by molar-refractivity contribution is -0.122. The van der Waals surface area contributed by atoms with Gasteiger partial charge in [-0.15, -0.1) is 10.2 Å². The predicted molar refractivity (Wildman–Crippen MR) is 90.2 cm³/mol. The third-order valence-electron chi connectivity index (χ3n) is 3.25. The van der Waals surface area contributed by atoms with Gasteiger partial charge >= 0.3 is 0 Å². The SMILES string of the molecule is Cc1ccc(/C=N\NC(=O)Cn2nnc(-c3ccccc3)n2)cc1. The van der Waals surface area contributed by atoms with E-state index < -0.39 is 0 Å². The Morgan fingerprint density at radius 3 is 2.67 bits per heavy atom. The topological polar surface area (TPSA) is 85.1 Å². The van der Waals surface area contributed by atoms with Crippen LogP contribution in [-0.4, -0.2) is 32.3 Å². The van der Waals surface area contributed by atoms with Crippen LogP contribution in [0.3, 0.4) is 0 Å². The van der Waals surface area contributed by atoms with Crippen LogP contribution >= 0.6 is 0 Å². The monoisotopic (exact) mass is 320 g/mol. The molecule has 0 atom stereocenters. The molecule has 0 saturated carbocycles. The maximum atomic E-state index is 11.8. The van der Waals surface area contributed by atoms with Gasteiger partial charge in [-0.1, -0.05) is 60.2 Å². The average molecular weight is 320 g/mol. The third kappa shape index (κ3) is 4.10. The Kier molecular flexibility index (Phi) is 4.71. The van der Waals surface area contributed by atoms with Crippen molar-refractivity contribution in [2.45, 2.75) is 13.5 Å². The first-order valence-corrected chi connectivity index (χ1v) is 7.42. The van der Waals surface area contributed by atoms with Crippen LogP contribution in [0.25, 0.3) is 11.4 Å². The number of nitrogens with zero attached hydrogens (tertiary/aromatic N) is 5. The summed E-state index contributed by atoms with van der Waals surface area (Å²) in [6, 6.07) is 17.3. The zero-order valence-electron chi connectivity index (χ0n) is 13.1. The summed E-state index contributed by atoms with van der Waals surface area (Å²) >= 11 is 0. The largest absolute Gasteiger partial charge is 0.271 e. The molecule has 0 radical (unpaired) electrons. The number of aryl methyl sites for hydroxylation is 1. The first-order valence-electron chi connectivity index (χ1n) is 7.42. The minimum Gasteiger partial charge on any atom is -0.271 e. The fourth-order valence-corrected chi connectivity index (χ4v) is 2.01. The molecule has 0 unspecified atom stereocenters. The van der Waals surface area contributed by atoms with Crippen LogP contribution in [-0.2, 0) is 11.3 Å². The van der Waals surface area contributed by atoms with E-state index in [1.54, 1.807) is 6.21 Å². The number of tetrazole rings is 1. The Hall–Kier alpha value is -3.35. The Bertz CT molecular complexity index is 839. The van der Waals surface area contributed by atoms with E-state index in [1.165, 1.54) is 10.4 Å². The Morgan fingerprint density at radius 1 is 1.17 bits per heavy atom. The molecule has 1 N–H and O–H groups in total. The number of hydrazone groups is 1. The molecule has 1 heterocycles. The zero-order valence-corrected chi connectivity index (χ0v) is 13.1. The maximum absolute atomic E-state index is 11.8. The van der Waals surface area contributed by atoms with Gasteiger partial charge in [0.1, 0.15) is 6.54 Å². The van der Waals surface area contributed by atoms with Crippen LogP contribution in [0.1, 0.15) is 11.1 Å². The molecular formula is C17H16N6O. The number of hydrogen-bond donors (Lipinski definition) is 1. The molecule has 2 aromatic carbocycles. The van der Waals surface area contributed by atoms with Crippen molar-refractivity contribution < 1.29 is 4.79 Å². The van der Waals surface area contributed by atoms with Gasteiger partial charge in [-0.2, -0.15) is 9.90 Å². The Balaban J connectivity index is 1.55. The first-order chi connectivity index (χ1) is 11.7. The number of nitrogens with one attached hydrogen (secondary N) is 1. The van der Waals surface area contributed by atoms with E-state index in [9.17, 15) is 4.79 Å². The molecule has 0 bridgehead atoms. The molecule has 0 aliphatic heterocycles. The molecular weight excluding hydrogens is 304 g/mol. The molecule has 0 aliphatic carbocycles. The molecule has 3 rings (SSSR count). The van der Waals surface area contributed by atoms with Crippen molar-refractivity contribution in [3.8, 4) is 11.4 Å². The van der Waals surface area contributed by atoms with Crippen molar-refractivity contribution in [3.05, 3.63) is 65.7 Å². The van der Waals surface area contributed by atoms with Gasteiger partial charge in [-0.3, -0.25) is 4.79 Å². The maximum Gasteiger partial charge on any atom is 0.263 e. The number of amides is 1. The number of aromatic nitrogens is 4. The summed E-state index contributed by atoms with van der Waals surface area (Å²) in [5, 5.41) is 15.9. The number of benzene rings is 2. The van der Waals surface area contributed by atoms with Crippen molar-refractivity contribution in [2.75, 3.05) is 0 Å². The van der Waals surface area contributed by atoms with Gasteiger partial charge in [-0.05, 0) is 17.7 Å². The van der Waals surface area contributed by atoms with Crippen molar-refractivity contribution in [2.24, 2.45) is 5.10 Å². The van der Waals surface area contributed by atoms with Crippen molar-refractivity contribution >= 4 is 12.1 Å². The molecule has 7 heteroatoms. The molecule has 0 saturated heterocycles. The Morgan fingerprint density at radius 2 is 1.92 bits per heavy atom. The van der Waals surface area contributed by atoms with Gasteiger partial charge in [0.05, 0.1) is 6.21 Å². The molecule has 1 amide bonds. The van der Waals surface area contributed by atoms with Crippen molar-refractivity contribution in [1.82, 2.24) is 25.6 Å². The van der Waals surface area contributed by atoms with E-state index in [1.807, 2.05) is 61.5 Å². The number of carbonyl (C=O) groups excluding carboxylic acids is 1. The molecule has 24 heavy (non-hydrogen) atoms. The minimum atomic E-state index is -0.324. The highest BCUT2D eigenvalue weighted by Gasteiger charge is 2.08. The zero-order chi connectivity index (χ0) is 16.8. The standard InChI is InChI=1S/C17H16N6O/c1-13-7-9-14(10-8-13)11-18-19-16(24)12-23-21-17(20-22-23)15-5-3-2-4-6-15/h2-11H,12H2,1H3,(H,19,24)/b18-11-.